The van der Waals surface area contributed by atoms with E-state index >= 15 is 0 Å². The summed E-state index contributed by atoms with van der Waals surface area (Å²) in [5.74, 6) is -0.212. The molecule has 0 saturated carbocycles. The molecular formula is C36H39NO6. The van der Waals surface area contributed by atoms with Gasteiger partial charge in [0.25, 0.3) is 0 Å². The first-order valence-electron chi connectivity index (χ1n) is 14.7. The molecule has 1 N–H and O–H groups in total. The molecule has 1 heterocycles. The Morgan fingerprint density at radius 2 is 1.02 bits per heavy atom. The number of hydrogen-bond donors (Lipinski definition) is 1. The van der Waals surface area contributed by atoms with Gasteiger partial charge in [-0.1, -0.05) is 121 Å². The molecule has 0 spiro atoms. The minimum Gasteiger partial charge on any atom is -0.374 e. The highest BCUT2D eigenvalue weighted by Gasteiger charge is 2.48. The lowest BCUT2D eigenvalue weighted by molar-refractivity contribution is -0.293. The second-order valence-corrected chi connectivity index (χ2v) is 10.6. The van der Waals surface area contributed by atoms with Crippen LogP contribution < -0.4 is 5.32 Å². The Balaban J connectivity index is 1.41. The van der Waals surface area contributed by atoms with Crippen molar-refractivity contribution in [3.05, 3.63) is 144 Å². The fourth-order valence-corrected chi connectivity index (χ4v) is 5.12. The minimum atomic E-state index is -0.799. The molecule has 224 valence electrons. The fourth-order valence-electron chi connectivity index (χ4n) is 5.12. The lowest BCUT2D eigenvalue weighted by Crippen LogP contribution is -2.66. The topological polar surface area (TPSA) is 75.3 Å². The molecule has 5 atom stereocenters. The van der Waals surface area contributed by atoms with Crippen LogP contribution in [0.15, 0.2) is 121 Å². The first kappa shape index (κ1) is 30.6. The van der Waals surface area contributed by atoms with E-state index in [1.165, 1.54) is 6.92 Å². The normalized spacial score (nSPS) is 21.7. The molecule has 1 aliphatic heterocycles. The molecule has 0 aromatic heterocycles. The maximum atomic E-state index is 12.5. The van der Waals surface area contributed by atoms with Gasteiger partial charge in [0.2, 0.25) is 5.91 Å². The van der Waals surface area contributed by atoms with Crippen LogP contribution in [0.3, 0.4) is 0 Å². The number of benzene rings is 4. The number of ether oxygens (including phenoxy) is 5. The molecule has 0 aliphatic carbocycles. The molecule has 1 aliphatic rings. The Morgan fingerprint density at radius 3 is 1.49 bits per heavy atom. The van der Waals surface area contributed by atoms with E-state index in [0.717, 1.165) is 22.3 Å². The average molecular weight is 582 g/mol. The van der Waals surface area contributed by atoms with Gasteiger partial charge in [-0.25, -0.2) is 0 Å². The van der Waals surface area contributed by atoms with Crippen LogP contribution in [0.25, 0.3) is 0 Å². The van der Waals surface area contributed by atoms with Crippen molar-refractivity contribution < 1.29 is 28.5 Å². The zero-order valence-corrected chi connectivity index (χ0v) is 24.4. The van der Waals surface area contributed by atoms with Crippen molar-refractivity contribution in [2.75, 3.05) is 6.61 Å². The second-order valence-electron chi connectivity index (χ2n) is 10.6. The molecule has 5 rings (SSSR count). The third-order valence-electron chi connectivity index (χ3n) is 7.24. The maximum absolute atomic E-state index is 12.5. The number of carbonyl (C=O) groups excluding carboxylic acids is 1. The van der Waals surface area contributed by atoms with Gasteiger partial charge in [0, 0.05) is 6.92 Å². The van der Waals surface area contributed by atoms with Gasteiger partial charge in [-0.15, -0.1) is 0 Å². The summed E-state index contributed by atoms with van der Waals surface area (Å²) in [5, 5.41) is 3.05. The quantitative estimate of drug-likeness (QED) is 0.202. The molecule has 1 unspecified atom stereocenters. The highest BCUT2D eigenvalue weighted by molar-refractivity contribution is 5.73. The van der Waals surface area contributed by atoms with E-state index in [-0.39, 0.29) is 12.5 Å². The van der Waals surface area contributed by atoms with Crippen LogP contribution >= 0.6 is 0 Å². The molecule has 1 saturated heterocycles. The lowest BCUT2D eigenvalue weighted by Gasteiger charge is -2.46. The predicted molar refractivity (Wildman–Crippen MR) is 164 cm³/mol. The zero-order valence-electron chi connectivity index (χ0n) is 24.4. The molecule has 1 fully saturated rings. The van der Waals surface area contributed by atoms with Crippen molar-refractivity contribution in [2.45, 2.75) is 64.0 Å². The van der Waals surface area contributed by atoms with Gasteiger partial charge in [0.05, 0.1) is 33.0 Å². The van der Waals surface area contributed by atoms with Crippen LogP contribution in [0, 0.1) is 0 Å². The zero-order chi connectivity index (χ0) is 29.7. The Morgan fingerprint density at radius 1 is 0.605 bits per heavy atom. The predicted octanol–water partition coefficient (Wildman–Crippen LogP) is 5.82. The Kier molecular flexibility index (Phi) is 11.5. The molecule has 4 aromatic rings. The van der Waals surface area contributed by atoms with E-state index in [4.69, 9.17) is 23.7 Å². The molecule has 1 amide bonds. The van der Waals surface area contributed by atoms with Crippen molar-refractivity contribution in [3.8, 4) is 0 Å². The van der Waals surface area contributed by atoms with E-state index in [9.17, 15) is 4.79 Å². The van der Waals surface area contributed by atoms with Crippen molar-refractivity contribution in [1.82, 2.24) is 5.32 Å². The van der Waals surface area contributed by atoms with Gasteiger partial charge in [-0.05, 0) is 22.3 Å². The first-order chi connectivity index (χ1) is 21.2. The van der Waals surface area contributed by atoms with Crippen LogP contribution in [0.2, 0.25) is 0 Å². The summed E-state index contributed by atoms with van der Waals surface area (Å²) in [6, 6.07) is 39.1. The SMILES string of the molecule is CC(=O)N[C@H]1C(OCc2ccccc2)O[C@H](COCc2ccccc2)[C@@H](OCc2ccccc2)[C@@H]1OCc1ccccc1. The smallest absolute Gasteiger partial charge is 0.217 e. The van der Waals surface area contributed by atoms with Crippen molar-refractivity contribution in [2.24, 2.45) is 0 Å². The monoisotopic (exact) mass is 581 g/mol. The molecule has 0 radical (unpaired) electrons. The summed E-state index contributed by atoms with van der Waals surface area (Å²) in [6.45, 7) is 3.13. The van der Waals surface area contributed by atoms with Gasteiger partial charge in [-0.3, -0.25) is 4.79 Å². The summed E-state index contributed by atoms with van der Waals surface area (Å²) >= 11 is 0. The Labute approximate surface area is 253 Å². The summed E-state index contributed by atoms with van der Waals surface area (Å²) < 4.78 is 32.3. The number of amides is 1. The standard InChI is InChI=1S/C36H39NO6/c1-27(38)37-33-35(41-24-30-18-10-4-11-19-30)34(40-23-29-16-8-3-9-17-29)32(26-39-22-28-14-6-2-7-15-28)43-36(33)42-25-31-20-12-5-13-21-31/h2-21,32-36H,22-26H2,1H3,(H,37,38)/t32-,33-,34-,35-,36?/m1/s1. The third kappa shape index (κ3) is 9.32. The summed E-state index contributed by atoms with van der Waals surface area (Å²) in [7, 11) is 0. The number of nitrogens with one attached hydrogen (secondary N) is 1. The van der Waals surface area contributed by atoms with Crippen LogP contribution in [0.5, 0.6) is 0 Å². The van der Waals surface area contributed by atoms with Crippen LogP contribution in [-0.4, -0.2) is 43.2 Å². The van der Waals surface area contributed by atoms with E-state index < -0.39 is 30.6 Å². The number of carbonyl (C=O) groups is 1. The van der Waals surface area contributed by atoms with Gasteiger partial charge < -0.3 is 29.0 Å². The van der Waals surface area contributed by atoms with Gasteiger partial charge >= 0.3 is 0 Å². The van der Waals surface area contributed by atoms with Crippen LogP contribution in [-0.2, 0) is 54.9 Å². The maximum Gasteiger partial charge on any atom is 0.217 e. The third-order valence-corrected chi connectivity index (χ3v) is 7.24. The fraction of sp³-hybridized carbons (Fsp3) is 0.306. The number of rotatable bonds is 14. The van der Waals surface area contributed by atoms with Crippen LogP contribution in [0.1, 0.15) is 29.2 Å². The summed E-state index contributed by atoms with van der Waals surface area (Å²) in [6.07, 6.45) is -2.48. The first-order valence-corrected chi connectivity index (χ1v) is 14.7. The van der Waals surface area contributed by atoms with Crippen molar-refractivity contribution in [3.63, 3.8) is 0 Å². The van der Waals surface area contributed by atoms with E-state index in [2.05, 4.69) is 5.32 Å². The lowest BCUT2D eigenvalue weighted by atomic mass is 9.95. The largest absolute Gasteiger partial charge is 0.374 e. The van der Waals surface area contributed by atoms with Gasteiger partial charge in [0.1, 0.15) is 24.4 Å². The highest BCUT2D eigenvalue weighted by atomic mass is 16.7. The van der Waals surface area contributed by atoms with E-state index in [1.807, 2.05) is 121 Å². The van der Waals surface area contributed by atoms with E-state index in [0.29, 0.717) is 26.4 Å². The summed E-state index contributed by atoms with van der Waals surface area (Å²) in [4.78, 5) is 12.5. The molecule has 4 aromatic carbocycles. The van der Waals surface area contributed by atoms with Crippen LogP contribution in [0.4, 0.5) is 0 Å². The molecular weight excluding hydrogens is 542 g/mol. The van der Waals surface area contributed by atoms with Gasteiger partial charge in [0.15, 0.2) is 6.29 Å². The van der Waals surface area contributed by atoms with Crippen molar-refractivity contribution in [1.29, 1.82) is 0 Å². The summed E-state index contributed by atoms with van der Waals surface area (Å²) in [5.41, 5.74) is 4.08. The second kappa shape index (κ2) is 16.1. The van der Waals surface area contributed by atoms with Crippen molar-refractivity contribution >= 4 is 5.91 Å². The Hall–Kier alpha value is -3.85. The average Bonchev–Trinajstić information content (AvgIpc) is 3.05. The number of hydrogen-bond acceptors (Lipinski definition) is 6. The molecule has 7 heteroatoms. The molecule has 0 bridgehead atoms. The molecule has 7 nitrogen and oxygen atoms in total. The highest BCUT2D eigenvalue weighted by Crippen LogP contribution is 2.30. The van der Waals surface area contributed by atoms with E-state index in [1.54, 1.807) is 0 Å². The molecule has 43 heavy (non-hydrogen) atoms. The Bertz CT molecular complexity index is 1360. The van der Waals surface area contributed by atoms with Gasteiger partial charge in [-0.2, -0.15) is 0 Å². The minimum absolute atomic E-state index is 0.212.